The van der Waals surface area contributed by atoms with E-state index in [-0.39, 0.29) is 18.7 Å². The van der Waals surface area contributed by atoms with Gasteiger partial charge in [-0.1, -0.05) is 213 Å². The summed E-state index contributed by atoms with van der Waals surface area (Å²) in [7, 11) is 0. The number of carbonyl (C=O) groups is 1. The number of unbranched alkanes of at least 4 members (excludes halogenated alkanes) is 32. The van der Waals surface area contributed by atoms with Crippen molar-refractivity contribution in [1.29, 1.82) is 0 Å². The van der Waals surface area contributed by atoms with Crippen molar-refractivity contribution in [3.63, 3.8) is 0 Å². The molecule has 1 atom stereocenters. The van der Waals surface area contributed by atoms with Crippen LogP contribution in [0.5, 0.6) is 11.5 Å². The Bertz CT molecular complexity index is 1420. The van der Waals surface area contributed by atoms with Crippen molar-refractivity contribution in [2.75, 3.05) is 126 Å². The first kappa shape index (κ1) is 78.9. The zero-order chi connectivity index (χ0) is 59.5. The molecule has 14 heteroatoms. The van der Waals surface area contributed by atoms with Crippen molar-refractivity contribution in [3.8, 4) is 11.5 Å². The first-order chi connectivity index (χ1) is 41.1. The van der Waals surface area contributed by atoms with E-state index in [4.69, 9.17) is 57.0 Å². The summed E-state index contributed by atoms with van der Waals surface area (Å²) in [6.45, 7) is 17.6. The van der Waals surface area contributed by atoms with Gasteiger partial charge in [-0.15, -0.1) is 0 Å². The fourth-order valence-corrected chi connectivity index (χ4v) is 9.89. The van der Waals surface area contributed by atoms with Crippen LogP contribution in [0, 0.1) is 6.92 Å². The van der Waals surface area contributed by atoms with Gasteiger partial charge in [-0.3, -0.25) is 10.1 Å². The summed E-state index contributed by atoms with van der Waals surface area (Å²) in [6, 6.07) is 6.20. The number of ether oxygens (including phenoxy) is 11. The van der Waals surface area contributed by atoms with E-state index in [9.17, 15) is 10.1 Å². The highest BCUT2D eigenvalue weighted by atomic mass is 17.1. The second kappa shape index (κ2) is 67.4. The molecule has 0 spiro atoms. The number of hydrogen-bond acceptors (Lipinski definition) is 14. The number of hydrogen-bond donors (Lipinski definition) is 1. The van der Waals surface area contributed by atoms with Crippen molar-refractivity contribution in [1.82, 2.24) is 0 Å². The van der Waals surface area contributed by atoms with E-state index in [1.807, 2.05) is 6.07 Å². The molecule has 1 N–H and O–H groups in total. The Morgan fingerprint density at radius 3 is 0.976 bits per heavy atom. The van der Waals surface area contributed by atoms with E-state index in [2.05, 4.69) is 32.9 Å². The summed E-state index contributed by atoms with van der Waals surface area (Å²) in [4.78, 5) is 16.8. The molecule has 1 unspecified atom stereocenters. The predicted octanol–water partition coefficient (Wildman–Crippen LogP) is 17.5. The lowest BCUT2D eigenvalue weighted by Crippen LogP contribution is -2.16. The lowest BCUT2D eigenvalue weighted by Gasteiger charge is -2.13. The summed E-state index contributed by atoms with van der Waals surface area (Å²) in [5.74, 6) is 1.62. The van der Waals surface area contributed by atoms with Crippen molar-refractivity contribution in [2.24, 2.45) is 0 Å². The molecule has 0 aromatic heterocycles. The zero-order valence-electron chi connectivity index (χ0n) is 54.1. The third-order valence-electron chi connectivity index (χ3n) is 15.0. The summed E-state index contributed by atoms with van der Waals surface area (Å²) in [6.07, 6.45) is 46.7. The van der Waals surface area contributed by atoms with Crippen LogP contribution in [-0.2, 0) is 52.3 Å². The second-order valence-electron chi connectivity index (χ2n) is 22.9. The van der Waals surface area contributed by atoms with Crippen molar-refractivity contribution in [3.05, 3.63) is 23.8 Å². The molecular weight excluding hydrogens is 1050 g/mol. The summed E-state index contributed by atoms with van der Waals surface area (Å²) < 4.78 is 62.5. The van der Waals surface area contributed by atoms with Crippen LogP contribution in [-0.4, -0.2) is 143 Å². The average molecular weight is 1180 g/mol. The maximum absolute atomic E-state index is 12.1. The summed E-state index contributed by atoms with van der Waals surface area (Å²) >= 11 is 0. The molecule has 0 saturated heterocycles. The molecule has 0 aliphatic rings. The molecular formula is C69H130O14. The minimum atomic E-state index is -0.183. The molecule has 0 heterocycles. The Morgan fingerprint density at radius 2 is 0.614 bits per heavy atom. The van der Waals surface area contributed by atoms with Gasteiger partial charge < -0.3 is 52.1 Å². The molecule has 0 amide bonds. The smallest absolute Gasteiger partial charge is 0.305 e. The van der Waals surface area contributed by atoms with Crippen LogP contribution in [0.2, 0.25) is 0 Å². The summed E-state index contributed by atoms with van der Waals surface area (Å²) in [5.41, 5.74) is 1.15. The monoisotopic (exact) mass is 1180 g/mol. The van der Waals surface area contributed by atoms with Crippen molar-refractivity contribution in [2.45, 2.75) is 277 Å². The van der Waals surface area contributed by atoms with Crippen LogP contribution in [0.4, 0.5) is 0 Å². The molecule has 490 valence electrons. The molecule has 1 aromatic rings. The maximum atomic E-state index is 12.1. The van der Waals surface area contributed by atoms with Crippen LogP contribution < -0.4 is 9.47 Å². The van der Waals surface area contributed by atoms with E-state index in [1.165, 1.54) is 167 Å². The lowest BCUT2D eigenvalue weighted by atomic mass is 10.0. The predicted molar refractivity (Wildman–Crippen MR) is 339 cm³/mol. The third-order valence-corrected chi connectivity index (χ3v) is 15.0. The van der Waals surface area contributed by atoms with Gasteiger partial charge in [-0.05, 0) is 63.1 Å². The van der Waals surface area contributed by atoms with Gasteiger partial charge in [0.05, 0.1) is 105 Å². The topological polar surface area (TPSA) is 148 Å². The van der Waals surface area contributed by atoms with Crippen molar-refractivity contribution >= 4 is 5.97 Å². The Kier molecular flexibility index (Phi) is 64.1. The molecule has 0 aliphatic carbocycles. The van der Waals surface area contributed by atoms with E-state index in [0.717, 1.165) is 108 Å². The Hall–Kier alpha value is -2.11. The third kappa shape index (κ3) is 61.3. The minimum absolute atomic E-state index is 0.145. The van der Waals surface area contributed by atoms with Crippen molar-refractivity contribution < 1.29 is 67.0 Å². The van der Waals surface area contributed by atoms with E-state index in [0.29, 0.717) is 112 Å². The normalized spacial score (nSPS) is 12.0. The van der Waals surface area contributed by atoms with Crippen LogP contribution in [0.3, 0.4) is 0 Å². The molecule has 0 fully saturated rings. The number of benzene rings is 1. The molecule has 0 aliphatic heterocycles. The average Bonchev–Trinajstić information content (AvgIpc) is 3.49. The fraction of sp³-hybridized carbons (Fsp3) is 0.899. The zero-order valence-corrected chi connectivity index (χ0v) is 54.1. The maximum Gasteiger partial charge on any atom is 0.305 e. The Labute approximate surface area is 509 Å². The largest absolute Gasteiger partial charge is 0.493 e. The van der Waals surface area contributed by atoms with Gasteiger partial charge in [0.25, 0.3) is 0 Å². The standard InChI is InChI=1S/C69H130O14/c1-4-6-8-10-12-14-18-24-30-36-43-72-48-51-75-54-56-77-53-50-74-47-42-66(83-71)40-34-28-22-16-20-26-32-38-45-80-67-62-65(3)63-68(64-67)81-46-39-33-27-21-17-23-29-35-41-69(70)82-61-60-79-59-58-78-57-55-76-52-49-73-44-37-31-25-19-15-13-11-9-7-5-2/h62-64,66,71H,4-61H2,1-3H3. The van der Waals surface area contributed by atoms with Gasteiger partial charge in [0.2, 0.25) is 0 Å². The molecule has 0 saturated carbocycles. The van der Waals surface area contributed by atoms with Gasteiger partial charge in [0.1, 0.15) is 18.1 Å². The number of aryl methyl sites for hydroxylation is 1. The highest BCUT2D eigenvalue weighted by Gasteiger charge is 2.10. The molecule has 0 bridgehead atoms. The van der Waals surface area contributed by atoms with E-state index >= 15 is 0 Å². The first-order valence-corrected chi connectivity index (χ1v) is 34.5. The van der Waals surface area contributed by atoms with Crippen LogP contribution >= 0.6 is 0 Å². The lowest BCUT2D eigenvalue weighted by molar-refractivity contribution is -0.282. The Morgan fingerprint density at radius 1 is 0.325 bits per heavy atom. The van der Waals surface area contributed by atoms with Crippen LogP contribution in [0.1, 0.15) is 270 Å². The van der Waals surface area contributed by atoms with E-state index in [1.54, 1.807) is 0 Å². The molecule has 83 heavy (non-hydrogen) atoms. The fourth-order valence-electron chi connectivity index (χ4n) is 9.89. The molecule has 0 radical (unpaired) electrons. The van der Waals surface area contributed by atoms with Gasteiger partial charge in [0, 0.05) is 38.7 Å². The summed E-state index contributed by atoms with van der Waals surface area (Å²) in [5, 5.41) is 9.37. The van der Waals surface area contributed by atoms with Crippen LogP contribution in [0.15, 0.2) is 18.2 Å². The van der Waals surface area contributed by atoms with Crippen LogP contribution in [0.25, 0.3) is 0 Å². The highest BCUT2D eigenvalue weighted by molar-refractivity contribution is 5.69. The van der Waals surface area contributed by atoms with Gasteiger partial charge in [-0.25, -0.2) is 4.89 Å². The first-order valence-electron chi connectivity index (χ1n) is 34.5. The number of rotatable bonds is 71. The van der Waals surface area contributed by atoms with Gasteiger partial charge in [-0.2, -0.15) is 0 Å². The van der Waals surface area contributed by atoms with Gasteiger partial charge in [0.15, 0.2) is 0 Å². The Balaban J connectivity index is 1.83. The van der Waals surface area contributed by atoms with E-state index < -0.39 is 0 Å². The second-order valence-corrected chi connectivity index (χ2v) is 22.9. The van der Waals surface area contributed by atoms with Gasteiger partial charge >= 0.3 is 5.97 Å². The minimum Gasteiger partial charge on any atom is -0.493 e. The number of carbonyl (C=O) groups excluding carboxylic acids is 1. The quantitative estimate of drug-likeness (QED) is 0.0285. The SMILES string of the molecule is CCCCCCCCCCCCOCCOCCOCCOCCOC(=O)CCCCCCCCCCOc1cc(C)cc(OCCCCCCCCCCC(CCOCCOCCOCCOCCCCCCCCCCCC)OO)c1. The highest BCUT2D eigenvalue weighted by Crippen LogP contribution is 2.24. The number of esters is 1. The molecule has 1 aromatic carbocycles. The molecule has 1 rings (SSSR count). The molecule has 14 nitrogen and oxygen atoms in total.